The van der Waals surface area contributed by atoms with Crippen molar-refractivity contribution in [2.75, 3.05) is 0 Å². The normalized spacial score (nSPS) is 7.14. The lowest BCUT2D eigenvalue weighted by atomic mass is 10.3. The Morgan fingerprint density at radius 1 is 1.71 bits per heavy atom. The van der Waals surface area contributed by atoms with Crippen molar-refractivity contribution in [3.8, 4) is 12.1 Å². The van der Waals surface area contributed by atoms with E-state index in [2.05, 4.69) is 5.92 Å². The van der Waals surface area contributed by atoms with Crippen molar-refractivity contribution in [2.24, 2.45) is 0 Å². The van der Waals surface area contributed by atoms with E-state index in [9.17, 15) is 4.39 Å². The number of hydrogen-bond donors (Lipinski definition) is 0. The molecule has 0 nitrogen and oxygen atoms in total. The molecule has 39 valence electrons. The maximum absolute atomic E-state index is 10.9. The van der Waals surface area contributed by atoms with Gasteiger partial charge >= 0.3 is 0 Å². The predicted octanol–water partition coefficient (Wildman–Crippen LogP) is 1.92. The summed E-state index contributed by atoms with van der Waals surface area (Å²) in [6.07, 6.45) is 4.83. The quantitative estimate of drug-likeness (QED) is 0.366. The Hall–Kier alpha value is -0.510. The Bertz CT molecular complexity index is 75.9. The lowest BCUT2D eigenvalue weighted by Gasteiger charge is -1.79. The molecule has 0 aromatic heterocycles. The molecule has 0 aromatic carbocycles. The van der Waals surface area contributed by atoms with Crippen LogP contribution in [0.3, 0.4) is 0 Å². The average molecular weight is 99.1 g/mol. The predicted molar refractivity (Wildman–Crippen MR) is 28.1 cm³/mol. The zero-order valence-corrected chi connectivity index (χ0v) is 4.37. The molecule has 1 radical (unpaired) electrons. The average Bonchev–Trinajstić information content (AvgIpc) is 1.69. The van der Waals surface area contributed by atoms with Crippen LogP contribution in [0.4, 0.5) is 4.39 Å². The van der Waals surface area contributed by atoms with Gasteiger partial charge in [0, 0.05) is 6.42 Å². The van der Waals surface area contributed by atoms with E-state index in [1.807, 2.05) is 13.3 Å². The van der Waals surface area contributed by atoms with E-state index in [4.69, 9.17) is 0 Å². The van der Waals surface area contributed by atoms with Gasteiger partial charge in [0.1, 0.15) is 6.17 Å². The van der Waals surface area contributed by atoms with Crippen molar-refractivity contribution in [1.82, 2.24) is 0 Å². The van der Waals surface area contributed by atoms with Crippen LogP contribution in [0, 0.1) is 18.5 Å². The summed E-state index contributed by atoms with van der Waals surface area (Å²) in [5, 5.41) is 0. The highest BCUT2D eigenvalue weighted by Crippen LogP contribution is 1.88. The van der Waals surface area contributed by atoms with Gasteiger partial charge in [0.25, 0.3) is 0 Å². The van der Waals surface area contributed by atoms with Gasteiger partial charge in [-0.1, -0.05) is 12.8 Å². The van der Waals surface area contributed by atoms with Crippen LogP contribution in [0.25, 0.3) is 0 Å². The molecule has 0 heterocycles. The van der Waals surface area contributed by atoms with Gasteiger partial charge in [-0.25, -0.2) is 0 Å². The van der Waals surface area contributed by atoms with Crippen LogP contribution in [0.5, 0.6) is 0 Å². The van der Waals surface area contributed by atoms with Crippen LogP contribution in [0.1, 0.15) is 19.8 Å². The van der Waals surface area contributed by atoms with E-state index in [-0.39, 0.29) is 0 Å². The molecule has 0 aliphatic heterocycles. The molecule has 7 heavy (non-hydrogen) atoms. The fraction of sp³-hybridized carbons (Fsp3) is 0.500. The second kappa shape index (κ2) is 5.49. The first kappa shape index (κ1) is 6.49. The van der Waals surface area contributed by atoms with Crippen LogP contribution >= 0.6 is 0 Å². The third-order valence-electron chi connectivity index (χ3n) is 0.625. The summed E-state index contributed by atoms with van der Waals surface area (Å²) < 4.78 is 10.9. The molecular weight excluding hydrogens is 91.1 g/mol. The second-order valence-electron chi connectivity index (χ2n) is 1.22. The first-order chi connectivity index (χ1) is 3.41. The smallest absolute Gasteiger partial charge is 0.105 e. The monoisotopic (exact) mass is 99.1 g/mol. The number of halogens is 1. The topological polar surface area (TPSA) is 0 Å². The van der Waals surface area contributed by atoms with Crippen molar-refractivity contribution in [1.29, 1.82) is 0 Å². The first-order valence-electron chi connectivity index (χ1n) is 2.28. The largest absolute Gasteiger partial charge is 0.144 e. The fourth-order valence-electron chi connectivity index (χ4n) is 0.264. The zero-order valence-electron chi connectivity index (χ0n) is 4.37. The minimum Gasteiger partial charge on any atom is -0.144 e. The summed E-state index contributed by atoms with van der Waals surface area (Å²) >= 11 is 0. The molecule has 0 aromatic rings. The lowest BCUT2D eigenvalue weighted by molar-refractivity contribution is 0.770. The molecule has 0 rings (SSSR count). The molecule has 0 spiro atoms. The van der Waals surface area contributed by atoms with Gasteiger partial charge in [-0.3, -0.25) is 0 Å². The third kappa shape index (κ3) is 5.49. The summed E-state index contributed by atoms with van der Waals surface area (Å²) in [6.45, 7) is 1.93. The first-order valence-corrected chi connectivity index (χ1v) is 2.28. The van der Waals surface area contributed by atoms with Gasteiger partial charge < -0.3 is 0 Å². The van der Waals surface area contributed by atoms with Crippen LogP contribution in [0.2, 0.25) is 0 Å². The van der Waals surface area contributed by atoms with E-state index in [1.54, 1.807) is 0 Å². The van der Waals surface area contributed by atoms with Crippen LogP contribution in [0.15, 0.2) is 0 Å². The van der Waals surface area contributed by atoms with Crippen LogP contribution < -0.4 is 0 Å². The summed E-state index contributed by atoms with van der Waals surface area (Å²) in [5.74, 6) is 2.30. The zero-order chi connectivity index (χ0) is 5.54. The SMILES string of the molecule is C[CH]CCC#CF. The number of rotatable bonds is 2. The molecule has 0 amide bonds. The molecule has 0 aliphatic rings. The van der Waals surface area contributed by atoms with E-state index >= 15 is 0 Å². The third-order valence-corrected chi connectivity index (χ3v) is 0.625. The van der Waals surface area contributed by atoms with Crippen LogP contribution in [-0.2, 0) is 0 Å². The minimum atomic E-state index is 0.646. The number of unbranched alkanes of at least 4 members (excludes halogenated alkanes) is 2. The van der Waals surface area contributed by atoms with E-state index < -0.39 is 0 Å². The maximum atomic E-state index is 10.9. The number of hydrogen-bond acceptors (Lipinski definition) is 0. The Morgan fingerprint density at radius 2 is 2.43 bits per heavy atom. The molecule has 1 heteroatoms. The summed E-state index contributed by atoms with van der Waals surface area (Å²) in [7, 11) is 0. The van der Waals surface area contributed by atoms with E-state index in [1.165, 1.54) is 6.17 Å². The molecule has 0 aliphatic carbocycles. The summed E-state index contributed by atoms with van der Waals surface area (Å²) in [5.41, 5.74) is 0. The molecule has 0 N–H and O–H groups in total. The van der Waals surface area contributed by atoms with Gasteiger partial charge in [-0.15, -0.1) is 4.39 Å². The minimum absolute atomic E-state index is 0.646. The molecule has 0 unspecified atom stereocenters. The maximum Gasteiger partial charge on any atom is 0.105 e. The second-order valence-corrected chi connectivity index (χ2v) is 1.22. The van der Waals surface area contributed by atoms with E-state index in [0.717, 1.165) is 6.42 Å². The summed E-state index contributed by atoms with van der Waals surface area (Å²) in [6, 6.07) is 0. The van der Waals surface area contributed by atoms with Crippen LogP contribution in [-0.4, -0.2) is 0 Å². The molecule has 0 saturated heterocycles. The van der Waals surface area contributed by atoms with Gasteiger partial charge in [0.05, 0.1) is 0 Å². The Labute approximate surface area is 43.7 Å². The fourth-order valence-corrected chi connectivity index (χ4v) is 0.264. The summed E-state index contributed by atoms with van der Waals surface area (Å²) in [4.78, 5) is 0. The lowest BCUT2D eigenvalue weighted by Crippen LogP contribution is -1.65. The molecule has 0 atom stereocenters. The molecule has 0 fully saturated rings. The molecular formula is C6H8F. The standard InChI is InChI=1S/C6H8F/c1-2-3-4-5-6-7/h2H,3-4H2,1H3. The Kier molecular flexibility index (Phi) is 5.09. The van der Waals surface area contributed by atoms with E-state index in [0.29, 0.717) is 6.42 Å². The van der Waals surface area contributed by atoms with Gasteiger partial charge in [0.2, 0.25) is 0 Å². The van der Waals surface area contributed by atoms with Crippen molar-refractivity contribution in [2.45, 2.75) is 19.8 Å². The van der Waals surface area contributed by atoms with Crippen molar-refractivity contribution in [3.63, 3.8) is 0 Å². The van der Waals surface area contributed by atoms with Crippen molar-refractivity contribution in [3.05, 3.63) is 6.42 Å². The van der Waals surface area contributed by atoms with Crippen molar-refractivity contribution >= 4 is 0 Å². The van der Waals surface area contributed by atoms with Gasteiger partial charge in [-0.2, -0.15) is 0 Å². The highest BCUT2D eigenvalue weighted by molar-refractivity contribution is 4.90. The Morgan fingerprint density at radius 3 is 2.86 bits per heavy atom. The molecule has 0 bridgehead atoms. The Balaban J connectivity index is 2.78. The van der Waals surface area contributed by atoms with Crippen molar-refractivity contribution < 1.29 is 4.39 Å². The highest BCUT2D eigenvalue weighted by atomic mass is 19.1. The van der Waals surface area contributed by atoms with Gasteiger partial charge in [0.15, 0.2) is 0 Å². The molecule has 0 saturated carbocycles. The van der Waals surface area contributed by atoms with Gasteiger partial charge in [-0.05, 0) is 12.8 Å². The highest BCUT2D eigenvalue weighted by Gasteiger charge is 1.74.